The molecule has 0 saturated heterocycles. The van der Waals surface area contributed by atoms with Crippen LogP contribution >= 0.6 is 69.1 Å². The molecule has 4 heterocycles. The molecule has 0 spiro atoms. The molecular weight excluding hydrogens is 1180 g/mol. The fourth-order valence-electron chi connectivity index (χ4n) is 10.3. The second-order valence-electron chi connectivity index (χ2n) is 20.7. The Balaban J connectivity index is 0.000000170. The Labute approximate surface area is 484 Å². The van der Waals surface area contributed by atoms with Gasteiger partial charge in [-0.3, -0.25) is 4.79 Å². The molecule has 80 heavy (non-hydrogen) atoms. The van der Waals surface area contributed by atoms with Crippen LogP contribution in [0.15, 0.2) is 69.7 Å². The van der Waals surface area contributed by atoms with Crippen LogP contribution in [0.3, 0.4) is 0 Å². The molecule has 420 valence electrons. The van der Waals surface area contributed by atoms with E-state index in [9.17, 15) is 42.1 Å². The van der Waals surface area contributed by atoms with Crippen LogP contribution in [-0.4, -0.2) is 74.4 Å². The van der Waals surface area contributed by atoms with Gasteiger partial charge in [0.1, 0.15) is 55.2 Å². The van der Waals surface area contributed by atoms with Crippen molar-refractivity contribution in [3.05, 3.63) is 136 Å². The highest BCUT2D eigenvalue weighted by atomic mass is 35.5. The maximum atomic E-state index is 14.8. The molecule has 4 N–H and O–H groups in total. The van der Waals surface area contributed by atoms with Gasteiger partial charge in [-0.05, 0) is 126 Å². The summed E-state index contributed by atoms with van der Waals surface area (Å²) in [4.78, 5) is 32.2. The van der Waals surface area contributed by atoms with Gasteiger partial charge in [0.15, 0.2) is 11.6 Å². The molecule has 0 bridgehead atoms. The summed E-state index contributed by atoms with van der Waals surface area (Å²) < 4.78 is 78.7. The van der Waals surface area contributed by atoms with Crippen LogP contribution in [0.1, 0.15) is 142 Å². The molecule has 1 amide bonds. The highest BCUT2D eigenvalue weighted by Crippen LogP contribution is 2.49. The molecule has 4 aliphatic rings. The van der Waals surface area contributed by atoms with E-state index in [1.165, 1.54) is 12.1 Å². The smallest absolute Gasteiger partial charge is 0.335 e. The zero-order valence-corrected chi connectivity index (χ0v) is 47.8. The molecule has 0 unspecified atom stereocenters. The molecule has 0 radical (unpaired) electrons. The van der Waals surface area contributed by atoms with E-state index in [2.05, 4.69) is 20.3 Å². The second kappa shape index (κ2) is 22.5. The molecule has 25 heteroatoms. The summed E-state index contributed by atoms with van der Waals surface area (Å²) in [6.45, 7) is 0.527. The quantitative estimate of drug-likeness (QED) is 0.0747. The number of hydrogen-bond donors (Lipinski definition) is 4. The van der Waals surface area contributed by atoms with Gasteiger partial charge in [-0.25, -0.2) is 36.7 Å². The molecule has 0 aliphatic heterocycles. The van der Waals surface area contributed by atoms with Crippen LogP contribution in [0.2, 0.25) is 20.1 Å². The predicted molar refractivity (Wildman–Crippen MR) is 298 cm³/mol. The number of carboxylic acid groups (broad SMARTS) is 1. The van der Waals surface area contributed by atoms with Crippen LogP contribution in [0.25, 0.3) is 42.9 Å². The molecule has 4 aromatic heterocycles. The van der Waals surface area contributed by atoms with E-state index in [1.807, 2.05) is 4.72 Å². The number of aromatic carboxylic acids is 1. The number of carbonyl (C=O) groups is 2. The Morgan fingerprint density at radius 2 is 1.05 bits per heavy atom. The number of hydrogen-bond acceptors (Lipinski definition) is 16. The molecular formula is C55H49Cl4F2N5O11S3. The van der Waals surface area contributed by atoms with Crippen molar-refractivity contribution in [2.75, 3.05) is 6.26 Å². The number of aromatic nitrogens is 4. The maximum absolute atomic E-state index is 14.8. The number of nitrogens with zero attached hydrogens (tertiary/aromatic N) is 4. The predicted octanol–water partition coefficient (Wildman–Crippen LogP) is 13.6. The summed E-state index contributed by atoms with van der Waals surface area (Å²) in [7, 11) is -3.81. The van der Waals surface area contributed by atoms with Gasteiger partial charge in [0, 0.05) is 39.7 Å². The minimum Gasteiger partial charge on any atom is -0.478 e. The number of amides is 1. The van der Waals surface area contributed by atoms with Crippen LogP contribution in [-0.2, 0) is 43.9 Å². The molecule has 4 fully saturated rings. The number of halogens is 6. The highest BCUT2D eigenvalue weighted by molar-refractivity contribution is 7.89. The number of ether oxygens (including phenoxy) is 2. The van der Waals surface area contributed by atoms with Crippen LogP contribution < -0.4 is 4.72 Å². The highest BCUT2D eigenvalue weighted by Gasteiger charge is 2.42. The van der Waals surface area contributed by atoms with Gasteiger partial charge in [0.05, 0.1) is 66.7 Å². The van der Waals surface area contributed by atoms with E-state index in [1.54, 1.807) is 36.4 Å². The number of benzene rings is 4. The van der Waals surface area contributed by atoms with E-state index >= 15 is 0 Å². The number of aliphatic hydroxyl groups is 2. The number of rotatable bonds is 15. The third kappa shape index (κ3) is 11.9. The number of fused-ring (bicyclic) bond motifs is 2. The third-order valence-corrected chi connectivity index (χ3v) is 19.1. The van der Waals surface area contributed by atoms with Crippen molar-refractivity contribution in [3.63, 3.8) is 0 Å². The summed E-state index contributed by atoms with van der Waals surface area (Å²) in [6, 6.07) is 15.2. The van der Waals surface area contributed by atoms with Gasteiger partial charge >= 0.3 is 5.97 Å². The van der Waals surface area contributed by atoms with Crippen LogP contribution in [0.5, 0.6) is 0 Å². The Hall–Kier alpha value is -5.17. The first-order valence-corrected chi connectivity index (χ1v) is 30.7. The zero-order chi connectivity index (χ0) is 56.4. The molecule has 8 aromatic rings. The van der Waals surface area contributed by atoms with Gasteiger partial charge in [0.25, 0.3) is 5.91 Å². The lowest BCUT2D eigenvalue weighted by molar-refractivity contribution is -0.0641. The fourth-order valence-corrected chi connectivity index (χ4v) is 14.2. The molecule has 4 saturated carbocycles. The van der Waals surface area contributed by atoms with Gasteiger partial charge in [-0.15, -0.1) is 22.7 Å². The monoisotopic (exact) mass is 1230 g/mol. The van der Waals surface area contributed by atoms with Crippen molar-refractivity contribution in [2.24, 2.45) is 0 Å². The number of carboxylic acids is 1. The molecule has 16 nitrogen and oxygen atoms in total. The van der Waals surface area contributed by atoms with Crippen LogP contribution in [0.4, 0.5) is 8.78 Å². The zero-order valence-electron chi connectivity index (χ0n) is 42.4. The van der Waals surface area contributed by atoms with Crippen molar-refractivity contribution >= 4 is 111 Å². The van der Waals surface area contributed by atoms with Gasteiger partial charge in [-0.1, -0.05) is 68.8 Å². The standard InChI is InChI=1S/C28H26Cl2FN3O6S2.C27H23Cl2FN2O5S/c1-42(37,38)34-26(35)15-11-20(31)24-21(12-15)41-27(32-24)28(36)9-7-16(8-10-28)39-13-17-23(33-40-25(17)14-5-6-14)22-18(29)3-2-4-19(22)30;28-17-2-1-3-18(29)21(17)22-16(24(37-32-22)13-4-5-13)12-36-15-6-8-27(35,9-7-15)26-31-23-19(30)10-14(25(33)34)11-20(23)38-26/h2-4,11-12,14,16,36H,5-10,13H2,1H3,(H,34,35);1-3,10-11,13,15,35H,4-9,12H2,(H,33,34). The Morgan fingerprint density at radius 1 is 0.662 bits per heavy atom. The average molecular weight is 1230 g/mol. The Kier molecular flexibility index (Phi) is 16.0. The minimum absolute atomic E-state index is 0.0172. The average Bonchev–Trinajstić information content (AvgIpc) is 4.34. The van der Waals surface area contributed by atoms with Gasteiger partial charge in [-0.2, -0.15) is 0 Å². The number of sulfonamides is 1. The lowest BCUT2D eigenvalue weighted by Crippen LogP contribution is -2.34. The minimum atomic E-state index is -3.81. The second-order valence-corrected chi connectivity index (χ2v) is 26.2. The van der Waals surface area contributed by atoms with E-state index in [-0.39, 0.29) is 47.6 Å². The van der Waals surface area contributed by atoms with Crippen molar-refractivity contribution in [3.8, 4) is 22.5 Å². The molecule has 12 rings (SSSR count). The maximum Gasteiger partial charge on any atom is 0.335 e. The summed E-state index contributed by atoms with van der Waals surface area (Å²) in [6.07, 6.45) is 8.31. The van der Waals surface area contributed by atoms with Crippen LogP contribution in [0, 0.1) is 11.6 Å². The van der Waals surface area contributed by atoms with E-state index in [0.29, 0.717) is 125 Å². The van der Waals surface area contributed by atoms with Crippen molar-refractivity contribution in [1.29, 1.82) is 0 Å². The first-order chi connectivity index (χ1) is 38.1. The molecule has 0 atom stereocenters. The van der Waals surface area contributed by atoms with E-state index in [4.69, 9.17) is 64.9 Å². The SMILES string of the molecule is CS(=O)(=O)NC(=O)c1cc(F)c2nc(C3(O)CCC(OCc4c(-c5c(Cl)cccc5Cl)noc4C4CC4)CC3)sc2c1.O=C(O)c1cc(F)c2nc(C3(O)CCC(OCc4c(-c5c(Cl)cccc5Cl)noc4C4CC4)CC3)sc2c1. The largest absolute Gasteiger partial charge is 0.478 e. The summed E-state index contributed by atoms with van der Waals surface area (Å²) >= 11 is 28.0. The normalized spacial score (nSPS) is 21.4. The number of carbonyl (C=O) groups excluding carboxylic acids is 1. The Bertz CT molecular complexity index is 3790. The number of thiazole rings is 2. The van der Waals surface area contributed by atoms with Crippen molar-refractivity contribution < 1.29 is 60.6 Å². The third-order valence-electron chi connectivity index (χ3n) is 14.9. The Morgan fingerprint density at radius 3 is 1.43 bits per heavy atom. The van der Waals surface area contributed by atoms with Gasteiger partial charge < -0.3 is 33.8 Å². The van der Waals surface area contributed by atoms with Crippen molar-refractivity contribution in [2.45, 2.75) is 126 Å². The first kappa shape index (κ1) is 56.7. The van der Waals surface area contributed by atoms with Gasteiger partial charge in [0.2, 0.25) is 10.0 Å². The first-order valence-electron chi connectivity index (χ1n) is 25.7. The summed E-state index contributed by atoms with van der Waals surface area (Å²) in [5.74, 6) is -1.44. The molecule has 4 aromatic carbocycles. The lowest BCUT2D eigenvalue weighted by Gasteiger charge is -2.34. The number of nitrogens with one attached hydrogen (secondary N) is 1. The molecule has 4 aliphatic carbocycles. The van der Waals surface area contributed by atoms with Crippen molar-refractivity contribution in [1.82, 2.24) is 25.0 Å². The topological polar surface area (TPSA) is 237 Å². The van der Waals surface area contributed by atoms with E-state index in [0.717, 1.165) is 89.4 Å². The summed E-state index contributed by atoms with van der Waals surface area (Å²) in [5, 5.41) is 43.3. The lowest BCUT2D eigenvalue weighted by atomic mass is 9.83. The van der Waals surface area contributed by atoms with E-state index < -0.39 is 44.7 Å². The fraction of sp³-hybridized carbons (Fsp3) is 0.382. The summed E-state index contributed by atoms with van der Waals surface area (Å²) in [5.41, 5.74) is 1.33.